The van der Waals surface area contributed by atoms with Crippen LogP contribution in [0.1, 0.15) is 18.9 Å². The lowest BCUT2D eigenvalue weighted by Gasteiger charge is -2.23. The minimum atomic E-state index is -3.39. The average Bonchev–Trinajstić information content (AvgIpc) is 3.30. The molecule has 118 valence electrons. The molecule has 2 saturated heterocycles. The predicted molar refractivity (Wildman–Crippen MR) is 80.1 cm³/mol. The molecule has 0 radical (unpaired) electrons. The van der Waals surface area contributed by atoms with E-state index in [2.05, 4.69) is 10.2 Å². The number of nitrogens with zero attached hydrogens (tertiary/aromatic N) is 4. The van der Waals surface area contributed by atoms with E-state index in [9.17, 15) is 8.42 Å². The summed E-state index contributed by atoms with van der Waals surface area (Å²) in [5.74, 6) is 0. The van der Waals surface area contributed by atoms with Gasteiger partial charge in [-0.25, -0.2) is 8.42 Å². The van der Waals surface area contributed by atoms with Crippen molar-refractivity contribution >= 4 is 21.4 Å². The Balaban J connectivity index is 1.51. The Morgan fingerprint density at radius 3 is 2.91 bits per heavy atom. The Bertz CT molecular complexity index is 744. The zero-order chi connectivity index (χ0) is 15.2. The molecule has 2 atom stereocenters. The molecule has 2 aromatic heterocycles. The summed E-state index contributed by atoms with van der Waals surface area (Å²) in [4.78, 5) is 0. The highest BCUT2D eigenvalue weighted by atomic mass is 32.2. The second-order valence-electron chi connectivity index (χ2n) is 5.78. The van der Waals surface area contributed by atoms with Gasteiger partial charge in [0, 0.05) is 19.5 Å². The van der Waals surface area contributed by atoms with E-state index in [0.29, 0.717) is 23.9 Å². The van der Waals surface area contributed by atoms with Gasteiger partial charge in [-0.05, 0) is 17.9 Å². The van der Waals surface area contributed by atoms with Gasteiger partial charge in [0.2, 0.25) is 0 Å². The fourth-order valence-electron chi connectivity index (χ4n) is 3.24. The normalized spacial score (nSPS) is 29.5. The van der Waals surface area contributed by atoms with Gasteiger partial charge in [0.25, 0.3) is 10.0 Å². The van der Waals surface area contributed by atoms with Crippen LogP contribution in [0.15, 0.2) is 34.4 Å². The lowest BCUT2D eigenvalue weighted by atomic mass is 9.97. The molecule has 7 nitrogen and oxygen atoms in total. The highest BCUT2D eigenvalue weighted by Gasteiger charge is 2.49. The van der Waals surface area contributed by atoms with E-state index in [-0.39, 0.29) is 11.6 Å². The van der Waals surface area contributed by atoms with Crippen LogP contribution < -0.4 is 0 Å². The minimum Gasteiger partial charge on any atom is -0.371 e. The van der Waals surface area contributed by atoms with Crippen LogP contribution in [0.25, 0.3) is 0 Å². The maximum Gasteiger partial charge on any atom is 0.252 e. The highest BCUT2D eigenvalue weighted by molar-refractivity contribution is 7.91. The van der Waals surface area contributed by atoms with Crippen LogP contribution in [0.2, 0.25) is 0 Å². The largest absolute Gasteiger partial charge is 0.371 e. The summed E-state index contributed by atoms with van der Waals surface area (Å²) in [7, 11) is -3.39. The number of ether oxygens (including phenoxy) is 1. The number of thiophene rings is 1. The molecule has 0 aliphatic carbocycles. The maximum absolute atomic E-state index is 12.6. The lowest BCUT2D eigenvalue weighted by Crippen LogP contribution is -2.35. The van der Waals surface area contributed by atoms with Crippen molar-refractivity contribution in [3.05, 3.63) is 30.2 Å². The Hall–Kier alpha value is -1.29. The average molecular weight is 340 g/mol. The van der Waals surface area contributed by atoms with Gasteiger partial charge >= 0.3 is 0 Å². The molecule has 1 spiro atoms. The molecule has 4 heterocycles. The van der Waals surface area contributed by atoms with Crippen molar-refractivity contribution in [3.8, 4) is 0 Å². The quantitative estimate of drug-likeness (QED) is 0.837. The molecule has 0 unspecified atom stereocenters. The van der Waals surface area contributed by atoms with Crippen molar-refractivity contribution in [3.63, 3.8) is 0 Å². The summed E-state index contributed by atoms with van der Waals surface area (Å²) < 4.78 is 35.1. The molecule has 0 N–H and O–H groups in total. The zero-order valence-corrected chi connectivity index (χ0v) is 13.5. The van der Waals surface area contributed by atoms with Crippen LogP contribution in [0, 0.1) is 0 Å². The number of aromatic nitrogens is 3. The van der Waals surface area contributed by atoms with E-state index in [1.54, 1.807) is 34.5 Å². The fourth-order valence-corrected chi connectivity index (χ4v) is 5.90. The summed E-state index contributed by atoms with van der Waals surface area (Å²) in [6.45, 7) is 1.51. The van der Waals surface area contributed by atoms with Crippen LogP contribution in [-0.2, 0) is 14.8 Å². The molecule has 22 heavy (non-hydrogen) atoms. The maximum atomic E-state index is 12.6. The third kappa shape index (κ3) is 2.28. The van der Waals surface area contributed by atoms with Gasteiger partial charge in [-0.15, -0.1) is 21.5 Å². The number of hydrogen-bond donors (Lipinski definition) is 0. The van der Waals surface area contributed by atoms with Gasteiger partial charge in [-0.2, -0.15) is 4.31 Å². The molecule has 0 aromatic carbocycles. The number of sulfonamides is 1. The predicted octanol–water partition coefficient (Wildman–Crippen LogP) is 1.13. The van der Waals surface area contributed by atoms with Crippen molar-refractivity contribution in [2.75, 3.05) is 19.7 Å². The molecule has 4 rings (SSSR count). The molecular formula is C13H16N4O3S2. The topological polar surface area (TPSA) is 77.3 Å². The van der Waals surface area contributed by atoms with Crippen LogP contribution >= 0.6 is 11.3 Å². The summed E-state index contributed by atoms with van der Waals surface area (Å²) in [6.07, 6.45) is 4.89. The fraction of sp³-hybridized carbons (Fsp3) is 0.538. The SMILES string of the molecule is O=S(=O)(c1cccs1)N1CC[C@@]2(C[C@H](n3cnnc3)CO2)C1. The van der Waals surface area contributed by atoms with Gasteiger partial charge < -0.3 is 9.30 Å². The highest BCUT2D eigenvalue weighted by Crippen LogP contribution is 2.41. The Morgan fingerprint density at radius 2 is 2.18 bits per heavy atom. The van der Waals surface area contributed by atoms with E-state index < -0.39 is 10.0 Å². The van der Waals surface area contributed by atoms with Crippen molar-refractivity contribution < 1.29 is 13.2 Å². The molecule has 2 aliphatic rings. The minimum absolute atomic E-state index is 0.180. The van der Waals surface area contributed by atoms with E-state index in [0.717, 1.165) is 12.8 Å². The first-order valence-corrected chi connectivity index (χ1v) is 9.43. The van der Waals surface area contributed by atoms with Crippen molar-refractivity contribution in [2.24, 2.45) is 0 Å². The van der Waals surface area contributed by atoms with E-state index in [4.69, 9.17) is 4.74 Å². The third-order valence-corrected chi connectivity index (χ3v) is 7.64. The second kappa shape index (κ2) is 5.12. The van der Waals surface area contributed by atoms with Crippen molar-refractivity contribution in [2.45, 2.75) is 28.7 Å². The summed E-state index contributed by atoms with van der Waals surface area (Å²) in [6, 6.07) is 3.59. The van der Waals surface area contributed by atoms with Gasteiger partial charge in [0.05, 0.1) is 18.2 Å². The molecule has 2 aliphatic heterocycles. The number of rotatable bonds is 3. The summed E-state index contributed by atoms with van der Waals surface area (Å²) in [5.41, 5.74) is -0.376. The van der Waals surface area contributed by atoms with Gasteiger partial charge in [0.1, 0.15) is 16.9 Å². The van der Waals surface area contributed by atoms with E-state index >= 15 is 0 Å². The van der Waals surface area contributed by atoms with E-state index in [1.807, 2.05) is 4.57 Å². The molecular weight excluding hydrogens is 324 g/mol. The van der Waals surface area contributed by atoms with Crippen LogP contribution in [0.4, 0.5) is 0 Å². The first-order valence-electron chi connectivity index (χ1n) is 7.11. The molecule has 0 bridgehead atoms. The number of hydrogen-bond acceptors (Lipinski definition) is 6. The van der Waals surface area contributed by atoms with E-state index in [1.165, 1.54) is 11.3 Å². The second-order valence-corrected chi connectivity index (χ2v) is 8.89. The molecule has 2 fully saturated rings. The van der Waals surface area contributed by atoms with Crippen molar-refractivity contribution in [1.29, 1.82) is 0 Å². The molecule has 2 aromatic rings. The van der Waals surface area contributed by atoms with Gasteiger partial charge in [-0.3, -0.25) is 0 Å². The van der Waals surface area contributed by atoms with Gasteiger partial charge in [0.15, 0.2) is 0 Å². The standard InChI is InChI=1S/C13H16N4O3S2/c18-22(19,12-2-1-5-21-12)17-4-3-13(8-17)6-11(7-20-13)16-9-14-15-10-16/h1-2,5,9-11H,3-4,6-8H2/t11-,13+/m0/s1. The van der Waals surface area contributed by atoms with Crippen LogP contribution in [-0.4, -0.2) is 52.8 Å². The summed E-state index contributed by atoms with van der Waals surface area (Å²) in [5, 5.41) is 9.43. The smallest absolute Gasteiger partial charge is 0.252 e. The lowest BCUT2D eigenvalue weighted by molar-refractivity contribution is 0.0165. The van der Waals surface area contributed by atoms with Crippen LogP contribution in [0.5, 0.6) is 0 Å². The Labute approximate surface area is 132 Å². The first-order chi connectivity index (χ1) is 10.6. The Morgan fingerprint density at radius 1 is 1.36 bits per heavy atom. The van der Waals surface area contributed by atoms with Gasteiger partial charge in [-0.1, -0.05) is 6.07 Å². The molecule has 0 amide bonds. The van der Waals surface area contributed by atoms with Crippen LogP contribution in [0.3, 0.4) is 0 Å². The zero-order valence-electron chi connectivity index (χ0n) is 11.8. The van der Waals surface area contributed by atoms with Crippen molar-refractivity contribution in [1.82, 2.24) is 19.1 Å². The first kappa shape index (κ1) is 14.3. The summed E-state index contributed by atoms with van der Waals surface area (Å²) >= 11 is 1.26. The Kier molecular flexibility index (Phi) is 3.33. The third-order valence-electron chi connectivity index (χ3n) is 4.42. The monoisotopic (exact) mass is 340 g/mol. The molecule has 9 heteroatoms. The molecule has 0 saturated carbocycles.